The van der Waals surface area contributed by atoms with Gasteiger partial charge < -0.3 is 0 Å². The molecule has 0 spiro atoms. The number of alkyl halides is 2. The number of aryl methyl sites for hydroxylation is 2. The number of pyridine rings is 2. The van der Waals surface area contributed by atoms with Gasteiger partial charge in [0, 0.05) is 40.5 Å². The van der Waals surface area contributed by atoms with Gasteiger partial charge in [0.2, 0.25) is 0 Å². The maximum Gasteiger partial charge on any atom is 0.333 e. The van der Waals surface area contributed by atoms with Crippen LogP contribution >= 0.6 is 11.6 Å². The lowest BCUT2D eigenvalue weighted by molar-refractivity contribution is 0.0566. The number of halogens is 4. The largest absolute Gasteiger partial charge is 0.333 e. The van der Waals surface area contributed by atoms with Crippen molar-refractivity contribution in [3.8, 4) is 16.9 Å². The van der Waals surface area contributed by atoms with Crippen molar-refractivity contribution in [3.05, 3.63) is 98.7 Å². The first-order chi connectivity index (χ1) is 17.7. The fourth-order valence-electron chi connectivity index (χ4n) is 4.58. The molecule has 11 heteroatoms. The number of H-pyrrole nitrogens is 1. The number of hydrogen-bond acceptors (Lipinski definition) is 4. The highest BCUT2D eigenvalue weighted by Gasteiger charge is 2.32. The summed E-state index contributed by atoms with van der Waals surface area (Å²) in [5.74, 6) is -0.732. The number of nitrogens with zero attached hydrogens (tertiary/aromatic N) is 5. The van der Waals surface area contributed by atoms with Crippen LogP contribution in [0.25, 0.3) is 33.4 Å². The molecule has 1 atom stereocenters. The molecule has 7 nitrogen and oxygen atoms in total. The van der Waals surface area contributed by atoms with Crippen LogP contribution in [0.15, 0.2) is 59.9 Å². The van der Waals surface area contributed by atoms with Gasteiger partial charge in [0.15, 0.2) is 0 Å². The Labute approximate surface area is 212 Å². The summed E-state index contributed by atoms with van der Waals surface area (Å²) in [4.78, 5) is 17.9. The van der Waals surface area contributed by atoms with Crippen molar-refractivity contribution in [1.82, 2.24) is 29.5 Å². The third-order valence-corrected chi connectivity index (χ3v) is 6.90. The number of fused-ring (bicyclic) bond motifs is 1. The third kappa shape index (κ3) is 3.84. The molecule has 0 saturated carbocycles. The van der Waals surface area contributed by atoms with Gasteiger partial charge in [-0.1, -0.05) is 17.7 Å². The highest BCUT2D eigenvalue weighted by atomic mass is 35.5. The number of aromatic nitrogens is 6. The number of aromatic amines is 1. The van der Waals surface area contributed by atoms with Gasteiger partial charge in [0.25, 0.3) is 5.56 Å². The van der Waals surface area contributed by atoms with Crippen molar-refractivity contribution < 1.29 is 13.2 Å². The lowest BCUT2D eigenvalue weighted by atomic mass is 10.0. The van der Waals surface area contributed by atoms with Crippen LogP contribution in [0.2, 0.25) is 5.02 Å². The van der Waals surface area contributed by atoms with Crippen molar-refractivity contribution in [2.24, 2.45) is 0 Å². The Morgan fingerprint density at radius 3 is 2.68 bits per heavy atom. The summed E-state index contributed by atoms with van der Waals surface area (Å²) >= 11 is 6.56. The zero-order valence-electron chi connectivity index (χ0n) is 19.5. The van der Waals surface area contributed by atoms with E-state index in [1.807, 2.05) is 6.08 Å². The Balaban J connectivity index is 1.39. The maximum absolute atomic E-state index is 14.9. The Hall–Kier alpha value is -4.18. The van der Waals surface area contributed by atoms with Crippen molar-refractivity contribution in [1.29, 1.82) is 0 Å². The Kier molecular flexibility index (Phi) is 5.30. The first-order valence-corrected chi connectivity index (χ1v) is 11.7. The monoisotopic (exact) mass is 522 g/mol. The van der Waals surface area contributed by atoms with Gasteiger partial charge in [-0.15, -0.1) is 0 Å². The summed E-state index contributed by atoms with van der Waals surface area (Å²) in [5.41, 5.74) is 4.58. The predicted octanol–water partition coefficient (Wildman–Crippen LogP) is 5.96. The van der Waals surface area contributed by atoms with E-state index in [1.165, 1.54) is 29.2 Å². The quantitative estimate of drug-likeness (QED) is 0.309. The van der Waals surface area contributed by atoms with E-state index in [0.717, 1.165) is 5.57 Å². The van der Waals surface area contributed by atoms with Crippen LogP contribution in [-0.4, -0.2) is 29.5 Å². The molecule has 4 heterocycles. The number of allylic oxidation sites excluding steroid dienone is 2. The Morgan fingerprint density at radius 1 is 1.11 bits per heavy atom. The SMILES string of the molecule is Cc1cnc(-c2cc3[nH]ncc3cc2F)cc1-n1c(C)cc([C@H]2C=C2c2cnn(C(F)F)c2)c(Cl)c1=O. The topological polar surface area (TPSA) is 81.4 Å². The molecule has 0 radical (unpaired) electrons. The molecule has 0 amide bonds. The average Bonchev–Trinajstić information content (AvgIpc) is 3.26. The molecule has 1 N–H and O–H groups in total. The smallest absolute Gasteiger partial charge is 0.280 e. The fourth-order valence-corrected chi connectivity index (χ4v) is 4.84. The molecule has 0 fully saturated rings. The van der Waals surface area contributed by atoms with Crippen molar-refractivity contribution in [3.63, 3.8) is 0 Å². The molecule has 0 aliphatic heterocycles. The van der Waals surface area contributed by atoms with Crippen LogP contribution in [0, 0.1) is 19.7 Å². The van der Waals surface area contributed by atoms with E-state index in [2.05, 4.69) is 20.3 Å². The third-order valence-electron chi connectivity index (χ3n) is 6.52. The summed E-state index contributed by atoms with van der Waals surface area (Å²) in [7, 11) is 0. The Morgan fingerprint density at radius 2 is 1.92 bits per heavy atom. The van der Waals surface area contributed by atoms with Gasteiger partial charge in [-0.05, 0) is 54.8 Å². The second-order valence-corrected chi connectivity index (χ2v) is 9.31. The number of nitrogens with one attached hydrogen (secondary N) is 1. The normalized spacial score (nSPS) is 15.0. The van der Waals surface area contributed by atoms with Crippen LogP contribution in [0.4, 0.5) is 13.2 Å². The molecule has 6 rings (SSSR count). The van der Waals surface area contributed by atoms with Crippen molar-refractivity contribution in [2.75, 3.05) is 0 Å². The minimum atomic E-state index is -2.73. The molecule has 1 aliphatic carbocycles. The summed E-state index contributed by atoms with van der Waals surface area (Å²) in [6.45, 7) is 0.842. The van der Waals surface area contributed by atoms with E-state index < -0.39 is 17.9 Å². The zero-order chi connectivity index (χ0) is 26.0. The fraction of sp³-hybridized carbons (Fsp3) is 0.154. The van der Waals surface area contributed by atoms with Gasteiger partial charge in [0.1, 0.15) is 10.8 Å². The van der Waals surface area contributed by atoms with E-state index >= 15 is 0 Å². The molecule has 186 valence electrons. The second kappa shape index (κ2) is 8.45. The number of hydrogen-bond donors (Lipinski definition) is 1. The van der Waals surface area contributed by atoms with Crippen molar-refractivity contribution >= 4 is 28.1 Å². The van der Waals surface area contributed by atoms with E-state index in [9.17, 15) is 18.0 Å². The first kappa shape index (κ1) is 23.2. The van der Waals surface area contributed by atoms with Crippen LogP contribution < -0.4 is 5.56 Å². The molecular weight excluding hydrogens is 505 g/mol. The lowest BCUT2D eigenvalue weighted by Gasteiger charge is -2.17. The number of rotatable bonds is 5. The Bertz CT molecular complexity index is 1800. The molecule has 37 heavy (non-hydrogen) atoms. The van der Waals surface area contributed by atoms with E-state index in [4.69, 9.17) is 11.6 Å². The minimum absolute atomic E-state index is 0.0194. The van der Waals surface area contributed by atoms with Gasteiger partial charge in [-0.25, -0.2) is 9.07 Å². The molecule has 0 bridgehead atoms. The van der Waals surface area contributed by atoms with Crippen LogP contribution in [0.3, 0.4) is 0 Å². The first-order valence-electron chi connectivity index (χ1n) is 11.3. The van der Waals surface area contributed by atoms with Gasteiger partial charge in [-0.3, -0.25) is 19.4 Å². The lowest BCUT2D eigenvalue weighted by Crippen LogP contribution is -2.23. The second-order valence-electron chi connectivity index (χ2n) is 8.93. The summed E-state index contributed by atoms with van der Waals surface area (Å²) < 4.78 is 42.7. The molecule has 0 unspecified atom stereocenters. The van der Waals surface area contributed by atoms with Crippen LogP contribution in [0.1, 0.15) is 34.9 Å². The molecule has 5 aromatic rings. The predicted molar refractivity (Wildman–Crippen MR) is 134 cm³/mol. The highest BCUT2D eigenvalue weighted by molar-refractivity contribution is 6.31. The maximum atomic E-state index is 14.9. The minimum Gasteiger partial charge on any atom is -0.280 e. The molecule has 1 aromatic carbocycles. The molecule has 4 aromatic heterocycles. The molecule has 1 aliphatic rings. The van der Waals surface area contributed by atoms with Gasteiger partial charge >= 0.3 is 6.55 Å². The summed E-state index contributed by atoms with van der Waals surface area (Å²) in [5, 5.41) is 11.1. The van der Waals surface area contributed by atoms with Gasteiger partial charge in [0.05, 0.1) is 29.3 Å². The van der Waals surface area contributed by atoms with Crippen molar-refractivity contribution in [2.45, 2.75) is 26.3 Å². The molecular formula is C26H18ClF3N6O. The number of benzene rings is 1. The van der Waals surface area contributed by atoms with Gasteiger partial charge in [-0.2, -0.15) is 19.0 Å². The van der Waals surface area contributed by atoms with E-state index in [-0.39, 0.29) is 16.5 Å². The summed E-state index contributed by atoms with van der Waals surface area (Å²) in [6, 6.07) is 6.46. The van der Waals surface area contributed by atoms with Crippen LogP contribution in [-0.2, 0) is 0 Å². The average molecular weight is 523 g/mol. The molecule has 0 saturated heterocycles. The van der Waals surface area contributed by atoms with E-state index in [1.54, 1.807) is 38.2 Å². The van der Waals surface area contributed by atoms with E-state index in [0.29, 0.717) is 49.4 Å². The zero-order valence-corrected chi connectivity index (χ0v) is 20.3. The standard InChI is InChI=1S/C26H18ClF3N6O/c1-12-8-31-22(19-6-21-14(4-20(19)28)9-32-34-21)7-23(12)36-13(2)3-18(24(27)25(36)37)17-5-16(17)15-10-33-35(11-15)26(29)30/h3-11,17,26H,1-2H3,(H,32,34)/t17-/m0/s1. The van der Waals surface area contributed by atoms with Crippen LogP contribution in [0.5, 0.6) is 0 Å². The summed E-state index contributed by atoms with van der Waals surface area (Å²) in [6.07, 6.45) is 7.59. The highest BCUT2D eigenvalue weighted by Crippen LogP contribution is 2.48.